The van der Waals surface area contributed by atoms with Gasteiger partial charge in [-0.05, 0) is 12.8 Å². The summed E-state index contributed by atoms with van der Waals surface area (Å²) in [6.07, 6.45) is -1.77. The van der Waals surface area contributed by atoms with Crippen molar-refractivity contribution in [1.82, 2.24) is 9.78 Å². The standard InChI is InChI=1S/C11H16F3N3O/c12-11(13,14)9-6-10(15)16-17(9)7-4-2-1-3-5-8(7)18/h6-8,18H,1-5H2,(H2,15,16). The highest BCUT2D eigenvalue weighted by Crippen LogP contribution is 2.36. The monoisotopic (exact) mass is 263 g/mol. The fourth-order valence-corrected chi connectivity index (χ4v) is 2.43. The minimum absolute atomic E-state index is 0.168. The number of aromatic nitrogens is 2. The summed E-state index contributed by atoms with van der Waals surface area (Å²) in [6.45, 7) is 0. The van der Waals surface area contributed by atoms with Gasteiger partial charge < -0.3 is 10.8 Å². The van der Waals surface area contributed by atoms with Crippen LogP contribution in [0.4, 0.5) is 19.0 Å². The van der Waals surface area contributed by atoms with Crippen LogP contribution in [0.1, 0.15) is 43.8 Å². The Morgan fingerprint density at radius 1 is 1.28 bits per heavy atom. The Hall–Kier alpha value is -1.24. The van der Waals surface area contributed by atoms with E-state index in [0.29, 0.717) is 12.8 Å². The molecule has 0 radical (unpaired) electrons. The Labute approximate surface area is 103 Å². The number of nitrogens with zero attached hydrogens (tertiary/aromatic N) is 2. The van der Waals surface area contributed by atoms with E-state index in [-0.39, 0.29) is 5.82 Å². The van der Waals surface area contributed by atoms with Crippen LogP contribution in [-0.4, -0.2) is 21.0 Å². The molecule has 3 N–H and O–H groups in total. The van der Waals surface area contributed by atoms with Gasteiger partial charge in [-0.3, -0.25) is 4.68 Å². The lowest BCUT2D eigenvalue weighted by molar-refractivity contribution is -0.146. The van der Waals surface area contributed by atoms with Crippen molar-refractivity contribution in [3.8, 4) is 0 Å². The maximum atomic E-state index is 12.8. The molecule has 2 atom stereocenters. The fraction of sp³-hybridized carbons (Fsp3) is 0.727. The van der Waals surface area contributed by atoms with Gasteiger partial charge in [-0.15, -0.1) is 0 Å². The quantitative estimate of drug-likeness (QED) is 0.764. The first-order chi connectivity index (χ1) is 8.39. The van der Waals surface area contributed by atoms with E-state index in [2.05, 4.69) is 5.10 Å². The topological polar surface area (TPSA) is 64.1 Å². The molecule has 0 amide bonds. The number of aliphatic hydroxyl groups excluding tert-OH is 1. The molecule has 0 aromatic carbocycles. The van der Waals surface area contributed by atoms with Crippen LogP contribution >= 0.6 is 0 Å². The predicted molar refractivity (Wildman–Crippen MR) is 59.8 cm³/mol. The fourth-order valence-electron chi connectivity index (χ4n) is 2.43. The van der Waals surface area contributed by atoms with Crippen molar-refractivity contribution in [2.45, 2.75) is 50.4 Å². The van der Waals surface area contributed by atoms with Crippen LogP contribution < -0.4 is 5.73 Å². The average Bonchev–Trinajstić information content (AvgIpc) is 2.52. The number of nitrogens with two attached hydrogens (primary N) is 1. The van der Waals surface area contributed by atoms with E-state index >= 15 is 0 Å². The van der Waals surface area contributed by atoms with E-state index < -0.39 is 24.0 Å². The zero-order valence-electron chi connectivity index (χ0n) is 9.82. The first-order valence-corrected chi connectivity index (χ1v) is 6.00. The number of halogens is 3. The van der Waals surface area contributed by atoms with Crippen LogP contribution in [-0.2, 0) is 6.18 Å². The van der Waals surface area contributed by atoms with Crippen LogP contribution in [0, 0.1) is 0 Å². The van der Waals surface area contributed by atoms with Crippen molar-refractivity contribution in [2.24, 2.45) is 0 Å². The number of hydrogen-bond donors (Lipinski definition) is 2. The number of aliphatic hydroxyl groups is 1. The van der Waals surface area contributed by atoms with E-state index in [9.17, 15) is 18.3 Å². The molecule has 4 nitrogen and oxygen atoms in total. The molecule has 1 heterocycles. The molecule has 1 aliphatic rings. The Morgan fingerprint density at radius 3 is 2.61 bits per heavy atom. The molecule has 0 spiro atoms. The molecule has 1 aromatic rings. The van der Waals surface area contributed by atoms with Gasteiger partial charge in [0.2, 0.25) is 0 Å². The predicted octanol–water partition coefficient (Wildman–Crippen LogP) is 2.35. The van der Waals surface area contributed by atoms with E-state index in [1.807, 2.05) is 0 Å². The second kappa shape index (κ2) is 4.79. The third-order valence-corrected chi connectivity index (χ3v) is 3.30. The van der Waals surface area contributed by atoms with Crippen molar-refractivity contribution in [3.63, 3.8) is 0 Å². The first-order valence-electron chi connectivity index (χ1n) is 6.00. The normalized spacial score (nSPS) is 26.0. The van der Waals surface area contributed by atoms with Crippen molar-refractivity contribution >= 4 is 5.82 Å². The summed E-state index contributed by atoms with van der Waals surface area (Å²) in [5.74, 6) is -0.168. The third-order valence-electron chi connectivity index (χ3n) is 3.30. The molecule has 0 aliphatic heterocycles. The van der Waals surface area contributed by atoms with Crippen molar-refractivity contribution < 1.29 is 18.3 Å². The Kier molecular flexibility index (Phi) is 3.52. The molecule has 0 bridgehead atoms. The molecule has 1 aliphatic carbocycles. The summed E-state index contributed by atoms with van der Waals surface area (Å²) in [7, 11) is 0. The Morgan fingerprint density at radius 2 is 1.94 bits per heavy atom. The second-order valence-corrected chi connectivity index (χ2v) is 4.67. The van der Waals surface area contributed by atoms with Crippen LogP contribution in [0.3, 0.4) is 0 Å². The van der Waals surface area contributed by atoms with Crippen molar-refractivity contribution in [1.29, 1.82) is 0 Å². The van der Waals surface area contributed by atoms with Crippen molar-refractivity contribution in [2.75, 3.05) is 5.73 Å². The summed E-state index contributed by atoms with van der Waals surface area (Å²) < 4.78 is 39.4. The largest absolute Gasteiger partial charge is 0.433 e. The van der Waals surface area contributed by atoms with E-state index in [1.165, 1.54) is 0 Å². The van der Waals surface area contributed by atoms with Gasteiger partial charge in [0.1, 0.15) is 11.5 Å². The molecular weight excluding hydrogens is 247 g/mol. The van der Waals surface area contributed by atoms with Gasteiger partial charge in [-0.1, -0.05) is 19.3 Å². The molecule has 18 heavy (non-hydrogen) atoms. The Bertz CT molecular complexity index is 416. The lowest BCUT2D eigenvalue weighted by atomic mass is 10.1. The molecule has 1 aromatic heterocycles. The van der Waals surface area contributed by atoms with Crippen LogP contribution in [0.25, 0.3) is 0 Å². The van der Waals surface area contributed by atoms with Crippen LogP contribution in [0.5, 0.6) is 0 Å². The molecule has 2 unspecified atom stereocenters. The number of alkyl halides is 3. The molecule has 102 valence electrons. The summed E-state index contributed by atoms with van der Waals surface area (Å²) in [5, 5.41) is 13.6. The summed E-state index contributed by atoms with van der Waals surface area (Å²) in [4.78, 5) is 0. The van der Waals surface area contributed by atoms with Gasteiger partial charge in [0, 0.05) is 6.07 Å². The van der Waals surface area contributed by atoms with E-state index in [0.717, 1.165) is 30.0 Å². The first kappa shape index (κ1) is 13.2. The molecular formula is C11H16F3N3O. The maximum absolute atomic E-state index is 12.8. The zero-order chi connectivity index (χ0) is 13.3. The van der Waals surface area contributed by atoms with Gasteiger partial charge in [-0.25, -0.2) is 0 Å². The number of hydrogen-bond acceptors (Lipinski definition) is 3. The SMILES string of the molecule is Nc1cc(C(F)(F)F)n(C2CCCCCC2O)n1. The van der Waals surface area contributed by atoms with Gasteiger partial charge in [0.15, 0.2) is 0 Å². The average molecular weight is 263 g/mol. The maximum Gasteiger partial charge on any atom is 0.433 e. The van der Waals surface area contributed by atoms with Crippen LogP contribution in [0.2, 0.25) is 0 Å². The molecule has 7 heteroatoms. The lowest BCUT2D eigenvalue weighted by Crippen LogP contribution is -2.28. The summed E-state index contributed by atoms with van der Waals surface area (Å²) in [5.41, 5.74) is 4.47. The summed E-state index contributed by atoms with van der Waals surface area (Å²) in [6, 6.07) is 0.180. The highest BCUT2D eigenvalue weighted by atomic mass is 19.4. The minimum atomic E-state index is -4.50. The number of rotatable bonds is 1. The van der Waals surface area contributed by atoms with Gasteiger partial charge in [-0.2, -0.15) is 18.3 Å². The van der Waals surface area contributed by atoms with Gasteiger partial charge in [0.05, 0.1) is 12.1 Å². The Balaban J connectivity index is 2.36. The van der Waals surface area contributed by atoms with Crippen molar-refractivity contribution in [3.05, 3.63) is 11.8 Å². The molecule has 1 fully saturated rings. The highest BCUT2D eigenvalue weighted by molar-refractivity contribution is 5.31. The smallest absolute Gasteiger partial charge is 0.391 e. The van der Waals surface area contributed by atoms with Gasteiger partial charge in [0.25, 0.3) is 0 Å². The van der Waals surface area contributed by atoms with Gasteiger partial charge >= 0.3 is 6.18 Å². The lowest BCUT2D eigenvalue weighted by Gasteiger charge is -2.23. The van der Waals surface area contributed by atoms with E-state index in [4.69, 9.17) is 5.73 Å². The second-order valence-electron chi connectivity index (χ2n) is 4.67. The minimum Gasteiger partial charge on any atom is -0.391 e. The number of anilines is 1. The zero-order valence-corrected chi connectivity index (χ0v) is 9.82. The van der Waals surface area contributed by atoms with E-state index in [1.54, 1.807) is 0 Å². The highest BCUT2D eigenvalue weighted by Gasteiger charge is 2.39. The van der Waals surface area contributed by atoms with Crippen LogP contribution in [0.15, 0.2) is 6.07 Å². The molecule has 0 saturated heterocycles. The molecule has 2 rings (SSSR count). The molecule has 1 saturated carbocycles. The third kappa shape index (κ3) is 2.60. The summed E-state index contributed by atoms with van der Waals surface area (Å²) >= 11 is 0. The number of nitrogen functional groups attached to an aromatic ring is 1.